The van der Waals surface area contributed by atoms with Gasteiger partial charge in [-0.3, -0.25) is 14.9 Å². The number of benzene rings is 1. The lowest BCUT2D eigenvalue weighted by Gasteiger charge is -2.32. The van der Waals surface area contributed by atoms with Gasteiger partial charge in [0.05, 0.1) is 4.92 Å². The highest BCUT2D eigenvalue weighted by molar-refractivity contribution is 5.93. The Bertz CT molecular complexity index is 497. The zero-order valence-corrected chi connectivity index (χ0v) is 9.54. The van der Waals surface area contributed by atoms with E-state index >= 15 is 0 Å². The summed E-state index contributed by atoms with van der Waals surface area (Å²) in [6.07, 6.45) is 1.16. The van der Waals surface area contributed by atoms with Crippen molar-refractivity contribution in [2.45, 2.75) is 25.0 Å². The van der Waals surface area contributed by atoms with E-state index in [9.17, 15) is 14.9 Å². The molecule has 0 saturated heterocycles. The summed E-state index contributed by atoms with van der Waals surface area (Å²) in [6.45, 7) is 0. The van der Waals surface area contributed by atoms with Gasteiger partial charge in [0, 0.05) is 23.7 Å². The predicted octanol–water partition coefficient (Wildman–Crippen LogP) is 0.562. The second-order valence-corrected chi connectivity index (χ2v) is 4.28. The summed E-state index contributed by atoms with van der Waals surface area (Å²) in [5.74, 6) is -0.590. The van der Waals surface area contributed by atoms with Gasteiger partial charge in [0.1, 0.15) is 6.10 Å². The fourth-order valence-corrected chi connectivity index (χ4v) is 1.79. The van der Waals surface area contributed by atoms with Gasteiger partial charge in [-0.2, -0.15) is 0 Å². The maximum absolute atomic E-state index is 11.0. The second-order valence-electron chi connectivity index (χ2n) is 4.28. The van der Waals surface area contributed by atoms with Crippen LogP contribution >= 0.6 is 0 Å². The van der Waals surface area contributed by atoms with Crippen LogP contribution in [0.2, 0.25) is 0 Å². The standard InChI is InChI=1S/C11H13N3O4/c12-7-4-8(5-7)18-10-3-6(11(13)15)1-2-9(10)14(16)17/h1-3,7-8H,4-5,12H2,(H2,13,15). The van der Waals surface area contributed by atoms with Crippen LogP contribution in [0.1, 0.15) is 23.2 Å². The van der Waals surface area contributed by atoms with E-state index in [1.807, 2.05) is 0 Å². The molecule has 7 nitrogen and oxygen atoms in total. The summed E-state index contributed by atoms with van der Waals surface area (Å²) in [5, 5.41) is 10.8. The third-order valence-corrected chi connectivity index (χ3v) is 2.87. The van der Waals surface area contributed by atoms with Gasteiger partial charge in [-0.15, -0.1) is 0 Å². The van der Waals surface area contributed by atoms with Crippen molar-refractivity contribution in [3.05, 3.63) is 33.9 Å². The van der Waals surface area contributed by atoms with E-state index in [0.29, 0.717) is 12.8 Å². The first-order valence-corrected chi connectivity index (χ1v) is 5.48. The number of nitrogens with two attached hydrogens (primary N) is 2. The van der Waals surface area contributed by atoms with Gasteiger partial charge < -0.3 is 16.2 Å². The summed E-state index contributed by atoms with van der Waals surface area (Å²) >= 11 is 0. The van der Waals surface area contributed by atoms with Crippen LogP contribution < -0.4 is 16.2 Å². The molecule has 2 rings (SSSR count). The largest absolute Gasteiger partial charge is 0.483 e. The van der Waals surface area contributed by atoms with Crippen LogP contribution in [0.4, 0.5) is 5.69 Å². The van der Waals surface area contributed by atoms with Crippen LogP contribution in [0.25, 0.3) is 0 Å². The highest BCUT2D eigenvalue weighted by Crippen LogP contribution is 2.32. The topological polar surface area (TPSA) is 121 Å². The molecule has 1 aromatic rings. The minimum absolute atomic E-state index is 0.0631. The SMILES string of the molecule is NC(=O)c1ccc([N+](=O)[O-])c(OC2CC(N)C2)c1. The van der Waals surface area contributed by atoms with E-state index < -0.39 is 10.8 Å². The van der Waals surface area contributed by atoms with E-state index in [-0.39, 0.29) is 29.1 Å². The first kappa shape index (κ1) is 12.3. The van der Waals surface area contributed by atoms with E-state index in [0.717, 1.165) is 0 Å². The number of nitro benzene ring substituents is 1. The first-order chi connectivity index (χ1) is 8.47. The smallest absolute Gasteiger partial charge is 0.310 e. The first-order valence-electron chi connectivity index (χ1n) is 5.48. The second kappa shape index (κ2) is 4.61. The van der Waals surface area contributed by atoms with Gasteiger partial charge >= 0.3 is 5.69 Å². The number of nitro groups is 1. The number of hydrogen-bond acceptors (Lipinski definition) is 5. The number of ether oxygens (including phenoxy) is 1. The van der Waals surface area contributed by atoms with Gasteiger partial charge in [-0.25, -0.2) is 0 Å². The zero-order valence-electron chi connectivity index (χ0n) is 9.54. The van der Waals surface area contributed by atoms with Crippen molar-refractivity contribution < 1.29 is 14.5 Å². The maximum Gasteiger partial charge on any atom is 0.310 e. The quantitative estimate of drug-likeness (QED) is 0.598. The lowest BCUT2D eigenvalue weighted by molar-refractivity contribution is -0.386. The molecule has 1 aromatic carbocycles. The molecular formula is C11H13N3O4. The van der Waals surface area contributed by atoms with Crippen molar-refractivity contribution in [3.63, 3.8) is 0 Å². The summed E-state index contributed by atoms with van der Waals surface area (Å²) in [7, 11) is 0. The van der Waals surface area contributed by atoms with Crippen molar-refractivity contribution in [1.29, 1.82) is 0 Å². The molecule has 7 heteroatoms. The zero-order chi connectivity index (χ0) is 13.3. The average molecular weight is 251 g/mol. The Balaban J connectivity index is 2.26. The molecule has 1 fully saturated rings. The number of hydrogen-bond donors (Lipinski definition) is 2. The lowest BCUT2D eigenvalue weighted by atomic mass is 9.90. The molecule has 96 valence electrons. The molecular weight excluding hydrogens is 238 g/mol. The van der Waals surface area contributed by atoms with Crippen LogP contribution in [-0.2, 0) is 0 Å². The van der Waals surface area contributed by atoms with E-state index in [1.54, 1.807) is 0 Å². The number of carbonyl (C=O) groups is 1. The Kier molecular flexibility index (Phi) is 3.15. The minimum Gasteiger partial charge on any atom is -0.483 e. The molecule has 0 atom stereocenters. The molecule has 1 aliphatic rings. The van der Waals surface area contributed by atoms with Crippen LogP contribution in [-0.4, -0.2) is 23.0 Å². The fourth-order valence-electron chi connectivity index (χ4n) is 1.79. The van der Waals surface area contributed by atoms with Gasteiger partial charge in [-0.1, -0.05) is 0 Å². The third kappa shape index (κ3) is 2.40. The van der Waals surface area contributed by atoms with Crippen molar-refractivity contribution in [3.8, 4) is 5.75 Å². The molecule has 1 aliphatic carbocycles. The third-order valence-electron chi connectivity index (χ3n) is 2.87. The number of carbonyl (C=O) groups excluding carboxylic acids is 1. The molecule has 0 spiro atoms. The molecule has 18 heavy (non-hydrogen) atoms. The Labute approximate surface area is 103 Å². The molecule has 1 amide bonds. The Morgan fingerprint density at radius 2 is 2.11 bits per heavy atom. The minimum atomic E-state index is -0.653. The van der Waals surface area contributed by atoms with Crippen LogP contribution in [0.3, 0.4) is 0 Å². The fraction of sp³-hybridized carbons (Fsp3) is 0.364. The molecule has 0 bridgehead atoms. The molecule has 0 radical (unpaired) electrons. The summed E-state index contributed by atoms with van der Waals surface area (Å²) in [6, 6.07) is 3.89. The summed E-state index contributed by atoms with van der Waals surface area (Å²) in [4.78, 5) is 21.3. The number of amides is 1. The van der Waals surface area contributed by atoms with Crippen molar-refractivity contribution in [2.24, 2.45) is 11.5 Å². The Hall–Kier alpha value is -2.15. The number of rotatable bonds is 4. The lowest BCUT2D eigenvalue weighted by Crippen LogP contribution is -2.43. The van der Waals surface area contributed by atoms with E-state index in [2.05, 4.69) is 0 Å². The summed E-state index contributed by atoms with van der Waals surface area (Å²) in [5.41, 5.74) is 10.7. The molecule has 0 aromatic heterocycles. The van der Waals surface area contributed by atoms with Gasteiger partial charge in [0.15, 0.2) is 5.75 Å². The van der Waals surface area contributed by atoms with Crippen LogP contribution in [0.5, 0.6) is 5.75 Å². The Morgan fingerprint density at radius 1 is 1.44 bits per heavy atom. The van der Waals surface area contributed by atoms with Crippen LogP contribution in [0, 0.1) is 10.1 Å². The molecule has 0 heterocycles. The van der Waals surface area contributed by atoms with Crippen LogP contribution in [0.15, 0.2) is 18.2 Å². The molecule has 1 saturated carbocycles. The van der Waals surface area contributed by atoms with Crippen molar-refractivity contribution >= 4 is 11.6 Å². The Morgan fingerprint density at radius 3 is 2.61 bits per heavy atom. The normalized spacial score (nSPS) is 22.1. The molecule has 4 N–H and O–H groups in total. The highest BCUT2D eigenvalue weighted by Gasteiger charge is 2.30. The van der Waals surface area contributed by atoms with Gasteiger partial charge in [0.2, 0.25) is 5.91 Å². The molecule has 0 aliphatic heterocycles. The maximum atomic E-state index is 11.0. The average Bonchev–Trinajstić information content (AvgIpc) is 2.26. The van der Waals surface area contributed by atoms with Crippen molar-refractivity contribution in [1.82, 2.24) is 0 Å². The highest BCUT2D eigenvalue weighted by atomic mass is 16.6. The summed E-state index contributed by atoms with van der Waals surface area (Å²) < 4.78 is 5.47. The molecule has 0 unspecified atom stereocenters. The van der Waals surface area contributed by atoms with E-state index in [1.165, 1.54) is 18.2 Å². The monoisotopic (exact) mass is 251 g/mol. The number of primary amides is 1. The van der Waals surface area contributed by atoms with Gasteiger partial charge in [0.25, 0.3) is 0 Å². The van der Waals surface area contributed by atoms with Crippen molar-refractivity contribution in [2.75, 3.05) is 0 Å². The van der Waals surface area contributed by atoms with Gasteiger partial charge in [-0.05, 0) is 18.9 Å². The predicted molar refractivity (Wildman–Crippen MR) is 63.2 cm³/mol. The van der Waals surface area contributed by atoms with E-state index in [4.69, 9.17) is 16.2 Å². The number of nitrogens with zero attached hydrogens (tertiary/aromatic N) is 1.